The molecule has 1 N–H and O–H groups in total. The first-order chi connectivity index (χ1) is 7.34. The van der Waals surface area contributed by atoms with E-state index in [-0.39, 0.29) is 37.2 Å². The van der Waals surface area contributed by atoms with Crippen molar-refractivity contribution < 1.29 is 18.0 Å². The van der Waals surface area contributed by atoms with Crippen molar-refractivity contribution in [1.82, 2.24) is 10.2 Å². The number of hydrogen-bond donors (Lipinski definition) is 1. The number of hydrogen-bond acceptors (Lipinski definition) is 5. The van der Waals surface area contributed by atoms with Gasteiger partial charge in [0.1, 0.15) is 0 Å². The van der Waals surface area contributed by atoms with Crippen molar-refractivity contribution in [3.8, 4) is 0 Å². The summed E-state index contributed by atoms with van der Waals surface area (Å²) in [5, 5.41) is 2.16. The minimum Gasteiger partial charge on any atom is -0.300 e. The lowest BCUT2D eigenvalue weighted by atomic mass is 10.3. The fourth-order valence-electron chi connectivity index (χ4n) is 1.31. The van der Waals surface area contributed by atoms with Gasteiger partial charge in [-0.1, -0.05) is 0 Å². The Labute approximate surface area is 94.9 Å². The number of sulfone groups is 1. The number of piperazine rings is 1. The standard InChI is InChI=1S/C9H16N2O4S/c1-7(2)16(14,15)4-3-11-8(12)5-10-6-9(11)13/h7,10H,3-6H2,1-2H3. The second-order valence-corrected chi connectivity index (χ2v) is 6.64. The summed E-state index contributed by atoms with van der Waals surface area (Å²) in [5.74, 6) is -0.896. The summed E-state index contributed by atoms with van der Waals surface area (Å²) < 4.78 is 23.0. The summed E-state index contributed by atoms with van der Waals surface area (Å²) >= 11 is 0. The number of carbonyl (C=O) groups excluding carboxylic acids is 2. The SMILES string of the molecule is CC(C)S(=O)(=O)CCN1C(=O)CNCC1=O. The van der Waals surface area contributed by atoms with Crippen LogP contribution in [-0.2, 0) is 19.4 Å². The van der Waals surface area contributed by atoms with E-state index in [4.69, 9.17) is 0 Å². The van der Waals surface area contributed by atoms with Crippen molar-refractivity contribution in [1.29, 1.82) is 0 Å². The second kappa shape index (κ2) is 4.92. The maximum Gasteiger partial charge on any atom is 0.243 e. The smallest absolute Gasteiger partial charge is 0.243 e. The fraction of sp³-hybridized carbons (Fsp3) is 0.778. The van der Waals surface area contributed by atoms with E-state index in [2.05, 4.69) is 5.32 Å². The first kappa shape index (κ1) is 13.1. The molecule has 1 aliphatic rings. The Morgan fingerprint density at radius 2 is 1.75 bits per heavy atom. The van der Waals surface area contributed by atoms with E-state index in [1.54, 1.807) is 13.8 Å². The Kier molecular flexibility index (Phi) is 4.03. The zero-order valence-corrected chi connectivity index (χ0v) is 10.2. The second-order valence-electron chi connectivity index (χ2n) is 3.96. The summed E-state index contributed by atoms with van der Waals surface area (Å²) in [4.78, 5) is 23.7. The van der Waals surface area contributed by atoms with Gasteiger partial charge in [-0.2, -0.15) is 0 Å². The van der Waals surface area contributed by atoms with E-state index >= 15 is 0 Å². The highest BCUT2D eigenvalue weighted by atomic mass is 32.2. The van der Waals surface area contributed by atoms with Gasteiger partial charge in [-0.05, 0) is 13.8 Å². The van der Waals surface area contributed by atoms with E-state index in [0.717, 1.165) is 4.90 Å². The molecule has 0 aliphatic carbocycles. The number of amides is 2. The molecule has 0 aromatic rings. The number of nitrogens with zero attached hydrogens (tertiary/aromatic N) is 1. The highest BCUT2D eigenvalue weighted by molar-refractivity contribution is 7.92. The van der Waals surface area contributed by atoms with Crippen LogP contribution in [0.1, 0.15) is 13.8 Å². The van der Waals surface area contributed by atoms with Crippen LogP contribution >= 0.6 is 0 Å². The monoisotopic (exact) mass is 248 g/mol. The van der Waals surface area contributed by atoms with Gasteiger partial charge in [0.15, 0.2) is 9.84 Å². The molecule has 0 radical (unpaired) electrons. The van der Waals surface area contributed by atoms with Gasteiger partial charge in [-0.15, -0.1) is 0 Å². The Morgan fingerprint density at radius 3 is 2.19 bits per heavy atom. The molecule has 0 aromatic carbocycles. The van der Waals surface area contributed by atoms with Crippen molar-refractivity contribution in [3.63, 3.8) is 0 Å². The molecular weight excluding hydrogens is 232 g/mol. The van der Waals surface area contributed by atoms with Gasteiger partial charge in [0.05, 0.1) is 24.1 Å². The van der Waals surface area contributed by atoms with Gasteiger partial charge in [-0.25, -0.2) is 8.42 Å². The molecule has 2 amide bonds. The molecule has 1 fully saturated rings. The molecule has 16 heavy (non-hydrogen) atoms. The molecule has 0 spiro atoms. The van der Waals surface area contributed by atoms with E-state index in [0.29, 0.717) is 0 Å². The molecule has 6 nitrogen and oxygen atoms in total. The molecule has 1 rings (SSSR count). The quantitative estimate of drug-likeness (QED) is 0.630. The third kappa shape index (κ3) is 3.02. The molecule has 1 heterocycles. The first-order valence-electron chi connectivity index (χ1n) is 5.10. The highest BCUT2D eigenvalue weighted by Gasteiger charge is 2.27. The lowest BCUT2D eigenvalue weighted by Gasteiger charge is -2.25. The van der Waals surface area contributed by atoms with Crippen molar-refractivity contribution in [2.45, 2.75) is 19.1 Å². The van der Waals surface area contributed by atoms with Crippen molar-refractivity contribution in [3.05, 3.63) is 0 Å². The van der Waals surface area contributed by atoms with Gasteiger partial charge in [0.2, 0.25) is 11.8 Å². The minimum absolute atomic E-state index is 0.0418. The van der Waals surface area contributed by atoms with Crippen LogP contribution in [0.5, 0.6) is 0 Å². The molecule has 92 valence electrons. The average molecular weight is 248 g/mol. The van der Waals surface area contributed by atoms with Crippen LogP contribution < -0.4 is 5.32 Å². The molecular formula is C9H16N2O4S. The third-order valence-corrected chi connectivity index (χ3v) is 4.66. The normalized spacial score (nSPS) is 18.3. The van der Waals surface area contributed by atoms with E-state index in [9.17, 15) is 18.0 Å². The van der Waals surface area contributed by atoms with Crippen LogP contribution in [0.4, 0.5) is 0 Å². The molecule has 0 saturated carbocycles. The predicted molar refractivity (Wildman–Crippen MR) is 58.5 cm³/mol. The first-order valence-corrected chi connectivity index (χ1v) is 6.81. The number of rotatable bonds is 4. The largest absolute Gasteiger partial charge is 0.300 e. The van der Waals surface area contributed by atoms with Crippen LogP contribution in [0.3, 0.4) is 0 Å². The van der Waals surface area contributed by atoms with Crippen LogP contribution in [0.2, 0.25) is 0 Å². The molecule has 0 bridgehead atoms. The zero-order valence-electron chi connectivity index (χ0n) is 9.39. The third-order valence-electron chi connectivity index (χ3n) is 2.47. The van der Waals surface area contributed by atoms with E-state index in [1.165, 1.54) is 0 Å². The Balaban J connectivity index is 2.61. The lowest BCUT2D eigenvalue weighted by molar-refractivity contribution is -0.146. The van der Waals surface area contributed by atoms with E-state index in [1.807, 2.05) is 0 Å². The van der Waals surface area contributed by atoms with Gasteiger partial charge in [0.25, 0.3) is 0 Å². The van der Waals surface area contributed by atoms with E-state index < -0.39 is 15.1 Å². The summed E-state index contributed by atoms with van der Waals surface area (Å²) in [5.41, 5.74) is 0. The summed E-state index contributed by atoms with van der Waals surface area (Å²) in [6.07, 6.45) is 0. The Morgan fingerprint density at radius 1 is 1.25 bits per heavy atom. The Hall–Kier alpha value is -0.950. The van der Waals surface area contributed by atoms with Gasteiger partial charge in [-0.3, -0.25) is 19.8 Å². The highest BCUT2D eigenvalue weighted by Crippen LogP contribution is 2.03. The topological polar surface area (TPSA) is 83.6 Å². The number of nitrogens with one attached hydrogen (secondary N) is 1. The van der Waals surface area contributed by atoms with Gasteiger partial charge >= 0.3 is 0 Å². The summed E-state index contributed by atoms with van der Waals surface area (Å²) in [6, 6.07) is 0. The Bertz CT molecular complexity index is 372. The maximum atomic E-state index is 11.5. The molecule has 0 aromatic heterocycles. The molecule has 7 heteroatoms. The maximum absolute atomic E-state index is 11.5. The number of imide groups is 1. The van der Waals surface area contributed by atoms with Crippen molar-refractivity contribution >= 4 is 21.7 Å². The lowest BCUT2D eigenvalue weighted by Crippen LogP contribution is -2.53. The molecule has 1 aliphatic heterocycles. The minimum atomic E-state index is -3.21. The fourth-order valence-corrected chi connectivity index (χ4v) is 2.22. The van der Waals surface area contributed by atoms with Gasteiger partial charge < -0.3 is 0 Å². The average Bonchev–Trinajstić information content (AvgIpc) is 2.16. The predicted octanol–water partition coefficient (Wildman–Crippen LogP) is -1.23. The van der Waals surface area contributed by atoms with Crippen LogP contribution in [0.15, 0.2) is 0 Å². The van der Waals surface area contributed by atoms with Crippen LogP contribution in [0, 0.1) is 0 Å². The zero-order chi connectivity index (χ0) is 12.3. The summed E-state index contributed by atoms with van der Waals surface area (Å²) in [6.45, 7) is 3.30. The van der Waals surface area contributed by atoms with Gasteiger partial charge in [0, 0.05) is 6.54 Å². The van der Waals surface area contributed by atoms with Crippen LogP contribution in [-0.4, -0.2) is 55.8 Å². The molecule has 0 atom stereocenters. The molecule has 1 saturated heterocycles. The van der Waals surface area contributed by atoms with Crippen molar-refractivity contribution in [2.75, 3.05) is 25.4 Å². The summed E-state index contributed by atoms with van der Waals surface area (Å²) in [7, 11) is -3.21. The number of carbonyl (C=O) groups is 2. The van der Waals surface area contributed by atoms with Crippen molar-refractivity contribution in [2.24, 2.45) is 0 Å². The molecule has 0 unspecified atom stereocenters. The van der Waals surface area contributed by atoms with Crippen LogP contribution in [0.25, 0.3) is 0 Å².